The Labute approximate surface area is 165 Å². The molecule has 0 unspecified atom stereocenters. The van der Waals surface area contributed by atoms with E-state index in [0.29, 0.717) is 6.07 Å². The molecule has 1 aliphatic heterocycles. The van der Waals surface area contributed by atoms with E-state index in [0.717, 1.165) is 35.6 Å². The van der Waals surface area contributed by atoms with Crippen LogP contribution in [-0.2, 0) is 19.4 Å². The van der Waals surface area contributed by atoms with E-state index in [9.17, 15) is 31.1 Å². The van der Waals surface area contributed by atoms with E-state index in [2.05, 4.69) is 18.4 Å². The molecule has 1 aromatic heterocycles. The van der Waals surface area contributed by atoms with Crippen LogP contribution >= 0.6 is 0 Å². The largest absolute Gasteiger partial charge is 0.417 e. The number of carbonyl (C=O) groups excluding carboxylic acids is 1. The smallest absolute Gasteiger partial charge is 0.348 e. The fourth-order valence-electron chi connectivity index (χ4n) is 3.85. The molecule has 3 rings (SSSR count). The highest BCUT2D eigenvalue weighted by atomic mass is 28.3. The van der Waals surface area contributed by atoms with Gasteiger partial charge < -0.3 is 9.88 Å². The minimum Gasteiger partial charge on any atom is -0.348 e. The number of rotatable bonds is 2. The normalized spacial score (nSPS) is 18.2. The highest BCUT2D eigenvalue weighted by molar-refractivity contribution is 6.77. The van der Waals surface area contributed by atoms with Crippen molar-refractivity contribution >= 4 is 24.9 Å². The number of hydrogen-bond donors (Lipinski definition) is 1. The number of aromatic nitrogens is 1. The van der Waals surface area contributed by atoms with Gasteiger partial charge in [0.1, 0.15) is 5.69 Å². The van der Waals surface area contributed by atoms with Crippen molar-refractivity contribution in [3.05, 3.63) is 35.0 Å². The number of alkyl halides is 6. The molecule has 10 heteroatoms. The first kappa shape index (κ1) is 21.7. The van der Waals surface area contributed by atoms with Crippen LogP contribution in [0.3, 0.4) is 0 Å². The Morgan fingerprint density at radius 2 is 1.62 bits per heavy atom. The number of benzene rings is 1. The molecule has 1 N–H and O–H groups in total. The van der Waals surface area contributed by atoms with Gasteiger partial charge in [0.2, 0.25) is 0 Å². The van der Waals surface area contributed by atoms with Crippen molar-refractivity contribution < 1.29 is 31.1 Å². The van der Waals surface area contributed by atoms with Crippen LogP contribution in [0.15, 0.2) is 18.2 Å². The first-order valence-corrected chi connectivity index (χ1v) is 12.7. The van der Waals surface area contributed by atoms with Crippen LogP contribution in [-0.4, -0.2) is 24.6 Å². The fraction of sp³-hybridized carbons (Fsp3) is 0.526. The van der Waals surface area contributed by atoms with Crippen LogP contribution in [0, 0.1) is 0 Å². The van der Waals surface area contributed by atoms with Crippen molar-refractivity contribution in [3.8, 4) is 0 Å². The van der Waals surface area contributed by atoms with Gasteiger partial charge in [0, 0.05) is 32.1 Å². The summed E-state index contributed by atoms with van der Waals surface area (Å²) in [5, 5.41) is 2.42. The second kappa shape index (κ2) is 7.07. The zero-order valence-electron chi connectivity index (χ0n) is 16.3. The molecule has 29 heavy (non-hydrogen) atoms. The minimum atomic E-state index is -4.98. The Kier molecular flexibility index (Phi) is 5.30. The summed E-state index contributed by atoms with van der Waals surface area (Å²) in [4.78, 5) is 12.7. The van der Waals surface area contributed by atoms with E-state index in [1.807, 2.05) is 0 Å². The number of nitrogens with one attached hydrogen (secondary N) is 1. The first-order chi connectivity index (χ1) is 13.2. The van der Waals surface area contributed by atoms with Crippen LogP contribution in [0.25, 0.3) is 10.9 Å². The van der Waals surface area contributed by atoms with Crippen LogP contribution in [0.5, 0.6) is 0 Å². The Hall–Kier alpha value is -1.97. The molecule has 1 saturated heterocycles. The summed E-state index contributed by atoms with van der Waals surface area (Å²) in [5.41, 5.74) is -3.17. The Morgan fingerprint density at radius 3 is 2.14 bits per heavy atom. The van der Waals surface area contributed by atoms with Gasteiger partial charge in [0.25, 0.3) is 5.91 Å². The average Bonchev–Trinajstić information content (AvgIpc) is 2.91. The van der Waals surface area contributed by atoms with Gasteiger partial charge in [-0.25, -0.2) is 0 Å². The van der Waals surface area contributed by atoms with Gasteiger partial charge in [-0.2, -0.15) is 26.3 Å². The van der Waals surface area contributed by atoms with Gasteiger partial charge in [-0.15, -0.1) is 0 Å². The summed E-state index contributed by atoms with van der Waals surface area (Å²) in [6.07, 6.45) is -8.30. The lowest BCUT2D eigenvalue weighted by Gasteiger charge is -2.33. The molecule has 1 aromatic carbocycles. The van der Waals surface area contributed by atoms with Gasteiger partial charge in [0.15, 0.2) is 0 Å². The topological polar surface area (TPSA) is 34.0 Å². The third-order valence-electron chi connectivity index (χ3n) is 5.70. The molecule has 0 bridgehead atoms. The third kappa shape index (κ3) is 4.46. The molecule has 2 aromatic rings. The van der Waals surface area contributed by atoms with Gasteiger partial charge in [-0.3, -0.25) is 4.79 Å². The lowest BCUT2D eigenvalue weighted by Crippen LogP contribution is -2.42. The second-order valence-electron chi connectivity index (χ2n) is 8.45. The maximum atomic E-state index is 13.4. The quantitative estimate of drug-likeness (QED) is 0.467. The van der Waals surface area contributed by atoms with Crippen molar-refractivity contribution in [1.82, 2.24) is 9.88 Å². The number of aryl methyl sites for hydroxylation is 1. The number of carbonyl (C=O) groups is 1. The summed E-state index contributed by atoms with van der Waals surface area (Å²) in [6, 6.07) is 3.78. The maximum Gasteiger partial charge on any atom is 0.417 e. The number of nitrogens with zero attached hydrogens (tertiary/aromatic N) is 1. The third-order valence-corrected chi connectivity index (χ3v) is 8.99. The van der Waals surface area contributed by atoms with E-state index in [4.69, 9.17) is 0 Å². The lowest BCUT2D eigenvalue weighted by molar-refractivity contribution is -0.142. The average molecular weight is 436 g/mol. The summed E-state index contributed by atoms with van der Waals surface area (Å²) in [7, 11) is 0.0594. The molecular formula is C19H22F6N2OSi. The summed E-state index contributed by atoms with van der Waals surface area (Å²) in [6.45, 7) is 4.54. The van der Waals surface area contributed by atoms with Crippen molar-refractivity contribution in [2.24, 2.45) is 7.05 Å². The molecule has 2 heterocycles. The van der Waals surface area contributed by atoms with Crippen LogP contribution in [0.2, 0.25) is 25.2 Å². The Morgan fingerprint density at radius 1 is 1.03 bits per heavy atom. The monoisotopic (exact) mass is 436 g/mol. The van der Waals surface area contributed by atoms with Crippen molar-refractivity contribution in [1.29, 1.82) is 0 Å². The van der Waals surface area contributed by atoms with Crippen molar-refractivity contribution in [2.75, 3.05) is 0 Å². The van der Waals surface area contributed by atoms with Gasteiger partial charge in [0.05, 0.1) is 11.1 Å². The summed E-state index contributed by atoms with van der Waals surface area (Å²) in [5.74, 6) is -0.572. The number of fused-ring (bicyclic) bond motifs is 1. The predicted octanol–water partition coefficient (Wildman–Crippen LogP) is 5.82. The van der Waals surface area contributed by atoms with Crippen molar-refractivity contribution in [3.63, 3.8) is 0 Å². The minimum absolute atomic E-state index is 0.0751. The van der Waals surface area contributed by atoms with Crippen LogP contribution in [0.4, 0.5) is 26.3 Å². The molecule has 0 spiro atoms. The molecule has 0 saturated carbocycles. The van der Waals surface area contributed by atoms with Crippen molar-refractivity contribution in [2.45, 2.75) is 56.4 Å². The number of amides is 1. The van der Waals surface area contributed by atoms with Crippen LogP contribution < -0.4 is 5.32 Å². The van der Waals surface area contributed by atoms with E-state index < -0.39 is 42.8 Å². The molecule has 0 radical (unpaired) electrons. The SMILES string of the molecule is Cn1c(C(=O)NC2CC[Si](C)(C)CC2)cc2c(C(F)(F)F)cc(C(F)(F)F)cc21. The molecule has 1 fully saturated rings. The molecule has 1 amide bonds. The zero-order valence-corrected chi connectivity index (χ0v) is 17.3. The van der Waals surface area contributed by atoms with E-state index >= 15 is 0 Å². The highest BCUT2D eigenvalue weighted by Crippen LogP contribution is 2.41. The molecule has 0 atom stereocenters. The number of hydrogen-bond acceptors (Lipinski definition) is 1. The predicted molar refractivity (Wildman–Crippen MR) is 101 cm³/mol. The Balaban J connectivity index is 1.99. The van der Waals surface area contributed by atoms with Gasteiger partial charge >= 0.3 is 12.4 Å². The first-order valence-electron chi connectivity index (χ1n) is 9.28. The van der Waals surface area contributed by atoms with E-state index in [1.165, 1.54) is 7.05 Å². The fourth-order valence-corrected chi connectivity index (χ4v) is 6.36. The second-order valence-corrected chi connectivity index (χ2v) is 13.8. The number of halogens is 6. The maximum absolute atomic E-state index is 13.4. The molecule has 160 valence electrons. The van der Waals surface area contributed by atoms with Gasteiger partial charge in [-0.1, -0.05) is 25.2 Å². The van der Waals surface area contributed by atoms with Crippen LogP contribution in [0.1, 0.15) is 34.5 Å². The summed E-state index contributed by atoms with van der Waals surface area (Å²) >= 11 is 0. The van der Waals surface area contributed by atoms with E-state index in [1.54, 1.807) is 0 Å². The standard InChI is InChI=1S/C19H22F6N2OSi/c1-27-15-9-11(18(20,21)22)8-14(19(23,24)25)13(15)10-16(27)17(28)26-12-4-6-29(2,3)7-5-12/h8-10,12H,4-7H2,1-3H3,(H,26,28). The highest BCUT2D eigenvalue weighted by Gasteiger charge is 2.39. The molecule has 1 aliphatic rings. The molecule has 3 nitrogen and oxygen atoms in total. The Bertz CT molecular complexity index is 935. The molecular weight excluding hydrogens is 414 g/mol. The molecule has 0 aliphatic carbocycles. The van der Waals surface area contributed by atoms with E-state index in [-0.39, 0.29) is 23.3 Å². The van der Waals surface area contributed by atoms with Gasteiger partial charge in [-0.05, 0) is 31.0 Å². The summed E-state index contributed by atoms with van der Waals surface area (Å²) < 4.78 is 80.6. The zero-order chi connectivity index (χ0) is 21.8. The lowest BCUT2D eigenvalue weighted by atomic mass is 10.0.